The van der Waals surface area contributed by atoms with Gasteiger partial charge >= 0.3 is 5.97 Å². The second-order valence-electron chi connectivity index (χ2n) is 7.32. The molecular weight excluding hydrogens is 456 g/mol. The van der Waals surface area contributed by atoms with Crippen molar-refractivity contribution in [2.45, 2.75) is 18.7 Å². The third-order valence-corrected chi connectivity index (χ3v) is 7.35. The molecule has 0 bridgehead atoms. The quantitative estimate of drug-likeness (QED) is 0.369. The van der Waals surface area contributed by atoms with Gasteiger partial charge in [0.05, 0.1) is 31.5 Å². The Kier molecular flexibility index (Phi) is 6.96. The number of esters is 1. The van der Waals surface area contributed by atoms with Crippen LogP contribution in [-0.2, 0) is 20.3 Å². The third-order valence-electron chi connectivity index (χ3n) is 4.91. The monoisotopic (exact) mass is 478 g/mol. The second-order valence-corrected chi connectivity index (χ2v) is 10.1. The Hall–Kier alpha value is -3.36. The summed E-state index contributed by atoms with van der Waals surface area (Å²) in [6.45, 7) is 3.39. The van der Waals surface area contributed by atoms with Gasteiger partial charge < -0.3 is 10.1 Å². The predicted molar refractivity (Wildman–Crippen MR) is 132 cm³/mol. The molecule has 0 aliphatic rings. The number of aromatic nitrogens is 1. The maximum Gasteiger partial charge on any atom is 0.339 e. The minimum atomic E-state index is -1.30. The number of amides is 1. The number of rotatable bonds is 7. The summed E-state index contributed by atoms with van der Waals surface area (Å²) in [5.41, 5.74) is 3.91. The molecule has 0 saturated heterocycles. The molecule has 1 aromatic heterocycles. The first-order valence-electron chi connectivity index (χ1n) is 10.4. The largest absolute Gasteiger partial charge is 0.452 e. The van der Waals surface area contributed by atoms with Crippen LogP contribution < -0.4 is 5.32 Å². The third kappa shape index (κ3) is 5.35. The molecule has 1 amide bonds. The van der Waals surface area contributed by atoms with Gasteiger partial charge in [0.15, 0.2) is 6.61 Å². The fourth-order valence-corrected chi connectivity index (χ4v) is 5.25. The van der Waals surface area contributed by atoms with Crippen LogP contribution in [-0.4, -0.2) is 33.4 Å². The summed E-state index contributed by atoms with van der Waals surface area (Å²) in [5, 5.41) is 3.62. The Balaban J connectivity index is 1.37. The van der Waals surface area contributed by atoms with E-state index in [4.69, 9.17) is 4.74 Å². The van der Waals surface area contributed by atoms with E-state index in [-0.39, 0.29) is 5.56 Å². The van der Waals surface area contributed by atoms with E-state index in [1.54, 1.807) is 54.7 Å². The molecule has 0 radical (unpaired) electrons. The Labute approximate surface area is 198 Å². The number of fused-ring (bicyclic) bond motifs is 1. The summed E-state index contributed by atoms with van der Waals surface area (Å²) < 4.78 is 18.4. The zero-order chi connectivity index (χ0) is 23.4. The van der Waals surface area contributed by atoms with Gasteiger partial charge in [-0.1, -0.05) is 25.1 Å². The Morgan fingerprint density at radius 1 is 1.06 bits per heavy atom. The highest BCUT2D eigenvalue weighted by molar-refractivity contribution is 7.85. The number of nitrogens with zero attached hydrogens (tertiary/aromatic N) is 1. The van der Waals surface area contributed by atoms with Crippen molar-refractivity contribution in [2.75, 3.05) is 17.7 Å². The van der Waals surface area contributed by atoms with E-state index in [0.29, 0.717) is 16.3 Å². The van der Waals surface area contributed by atoms with Crippen LogP contribution in [0.2, 0.25) is 0 Å². The second kappa shape index (κ2) is 10.1. The molecule has 0 aliphatic heterocycles. The summed E-state index contributed by atoms with van der Waals surface area (Å²) in [4.78, 5) is 29.7. The minimum Gasteiger partial charge on any atom is -0.452 e. The first kappa shape index (κ1) is 22.8. The molecule has 0 saturated carbocycles. The molecule has 6 nitrogen and oxygen atoms in total. The Morgan fingerprint density at radius 2 is 1.82 bits per heavy atom. The van der Waals surface area contributed by atoms with Crippen molar-refractivity contribution in [3.63, 3.8) is 0 Å². The van der Waals surface area contributed by atoms with Crippen LogP contribution in [0.1, 0.15) is 22.8 Å². The SMILES string of the molecule is CC[S@](=O)c1ccccc1C(=O)OCC(=O)Nc1ccc(-c2nc3ccc(C)cc3s2)cc1. The van der Waals surface area contributed by atoms with Crippen molar-refractivity contribution in [2.24, 2.45) is 0 Å². The molecule has 3 aromatic carbocycles. The number of carbonyl (C=O) groups excluding carboxylic acids is 2. The highest BCUT2D eigenvalue weighted by atomic mass is 32.2. The van der Waals surface area contributed by atoms with Crippen LogP contribution in [0.5, 0.6) is 0 Å². The molecule has 4 rings (SSSR count). The van der Waals surface area contributed by atoms with E-state index < -0.39 is 29.3 Å². The molecule has 4 aromatic rings. The van der Waals surface area contributed by atoms with Gasteiger partial charge in [-0.15, -0.1) is 11.3 Å². The van der Waals surface area contributed by atoms with Crippen LogP contribution in [0.15, 0.2) is 71.6 Å². The number of thiazole rings is 1. The molecule has 1 atom stereocenters. The van der Waals surface area contributed by atoms with Crippen molar-refractivity contribution in [1.29, 1.82) is 0 Å². The average Bonchev–Trinajstić information content (AvgIpc) is 3.25. The normalized spacial score (nSPS) is 11.8. The Morgan fingerprint density at radius 3 is 2.58 bits per heavy atom. The Bertz CT molecular complexity index is 1350. The number of hydrogen-bond acceptors (Lipinski definition) is 6. The maximum atomic E-state index is 12.4. The topological polar surface area (TPSA) is 85.4 Å². The average molecular weight is 479 g/mol. The highest BCUT2D eigenvalue weighted by Gasteiger charge is 2.17. The van der Waals surface area contributed by atoms with E-state index in [1.807, 2.05) is 24.3 Å². The molecule has 0 unspecified atom stereocenters. The lowest BCUT2D eigenvalue weighted by Gasteiger charge is -2.09. The smallest absolute Gasteiger partial charge is 0.339 e. The van der Waals surface area contributed by atoms with Crippen LogP contribution >= 0.6 is 11.3 Å². The molecule has 1 N–H and O–H groups in total. The van der Waals surface area contributed by atoms with E-state index in [9.17, 15) is 13.8 Å². The van der Waals surface area contributed by atoms with Gasteiger partial charge in [0.2, 0.25) is 0 Å². The van der Waals surface area contributed by atoms with Crippen molar-refractivity contribution in [1.82, 2.24) is 4.98 Å². The number of ether oxygens (including phenoxy) is 1. The van der Waals surface area contributed by atoms with Gasteiger partial charge in [-0.3, -0.25) is 9.00 Å². The van der Waals surface area contributed by atoms with Gasteiger partial charge in [-0.25, -0.2) is 9.78 Å². The molecule has 0 fully saturated rings. The van der Waals surface area contributed by atoms with Gasteiger partial charge in [-0.05, 0) is 61.0 Å². The van der Waals surface area contributed by atoms with Gasteiger partial charge in [0.1, 0.15) is 5.01 Å². The number of aryl methyl sites for hydroxylation is 1. The number of anilines is 1. The molecule has 8 heteroatoms. The van der Waals surface area contributed by atoms with Gasteiger partial charge in [-0.2, -0.15) is 0 Å². The van der Waals surface area contributed by atoms with E-state index in [1.165, 1.54) is 5.56 Å². The number of carbonyl (C=O) groups is 2. The molecule has 0 aliphatic carbocycles. The summed E-state index contributed by atoms with van der Waals surface area (Å²) in [5.74, 6) is -0.748. The summed E-state index contributed by atoms with van der Waals surface area (Å²) in [6.07, 6.45) is 0. The summed E-state index contributed by atoms with van der Waals surface area (Å²) in [7, 11) is -1.30. The van der Waals surface area contributed by atoms with Gasteiger partial charge in [0, 0.05) is 17.0 Å². The molecule has 33 heavy (non-hydrogen) atoms. The van der Waals surface area contributed by atoms with E-state index in [0.717, 1.165) is 20.8 Å². The fraction of sp³-hybridized carbons (Fsp3) is 0.160. The number of nitrogens with one attached hydrogen (secondary N) is 1. The standard InChI is InChI=1S/C25H22N2O4S2/c1-3-33(30)22-7-5-4-6-19(22)25(29)31-15-23(28)26-18-11-9-17(10-12-18)24-27-20-13-8-16(2)14-21(20)32-24/h4-14H,3,15H2,1-2H3,(H,26,28)/t33-/m0/s1. The fourth-order valence-electron chi connectivity index (χ4n) is 3.25. The molecule has 1 heterocycles. The molecule has 0 spiro atoms. The van der Waals surface area contributed by atoms with Crippen LogP contribution in [0, 0.1) is 6.92 Å². The molecular formula is C25H22N2O4S2. The van der Waals surface area contributed by atoms with E-state index in [2.05, 4.69) is 23.3 Å². The zero-order valence-corrected chi connectivity index (χ0v) is 19.8. The lowest BCUT2D eigenvalue weighted by molar-refractivity contribution is -0.119. The number of hydrogen-bond donors (Lipinski definition) is 1. The lowest BCUT2D eigenvalue weighted by atomic mass is 10.2. The predicted octanol–water partition coefficient (Wildman–Crippen LogP) is 5.19. The van der Waals surface area contributed by atoms with Crippen molar-refractivity contribution in [3.8, 4) is 10.6 Å². The van der Waals surface area contributed by atoms with Crippen LogP contribution in [0.4, 0.5) is 5.69 Å². The summed E-state index contributed by atoms with van der Waals surface area (Å²) >= 11 is 1.62. The lowest BCUT2D eigenvalue weighted by Crippen LogP contribution is -2.21. The van der Waals surface area contributed by atoms with Crippen molar-refractivity contribution < 1.29 is 18.5 Å². The first-order chi connectivity index (χ1) is 15.9. The highest BCUT2D eigenvalue weighted by Crippen LogP contribution is 2.31. The maximum absolute atomic E-state index is 12.4. The first-order valence-corrected chi connectivity index (χ1v) is 12.5. The van der Waals surface area contributed by atoms with Gasteiger partial charge in [0.25, 0.3) is 5.91 Å². The van der Waals surface area contributed by atoms with Crippen LogP contribution in [0.3, 0.4) is 0 Å². The van der Waals surface area contributed by atoms with Crippen molar-refractivity contribution >= 4 is 49.9 Å². The zero-order valence-electron chi connectivity index (χ0n) is 18.2. The minimum absolute atomic E-state index is 0.209. The summed E-state index contributed by atoms with van der Waals surface area (Å²) in [6, 6.07) is 20.1. The number of benzene rings is 3. The van der Waals surface area contributed by atoms with Crippen molar-refractivity contribution in [3.05, 3.63) is 77.9 Å². The molecule has 168 valence electrons. The van der Waals surface area contributed by atoms with E-state index >= 15 is 0 Å². The van der Waals surface area contributed by atoms with Crippen LogP contribution in [0.25, 0.3) is 20.8 Å².